The molecule has 0 aliphatic carbocycles. The average molecular weight is 923 g/mol. The molecule has 0 aliphatic rings. The highest BCUT2D eigenvalue weighted by atomic mass is 32.1. The first kappa shape index (κ1) is 42.1. The molecule has 0 unspecified atom stereocenters. The highest BCUT2D eigenvalue weighted by Crippen LogP contribution is 2.49. The van der Waals surface area contributed by atoms with Gasteiger partial charge >= 0.3 is 0 Å². The van der Waals surface area contributed by atoms with Gasteiger partial charge in [-0.15, -0.1) is 11.3 Å². The van der Waals surface area contributed by atoms with Crippen LogP contribution < -0.4 is 9.80 Å². The molecule has 0 bridgehead atoms. The zero-order chi connectivity index (χ0) is 47.1. The van der Waals surface area contributed by atoms with Crippen LogP contribution in [-0.2, 0) is 0 Å². The third kappa shape index (κ3) is 7.89. The molecule has 71 heavy (non-hydrogen) atoms. The normalized spacial score (nSPS) is 11.4. The maximum Gasteiger partial charge on any atom is 0.0561 e. The number of thiophene rings is 1. The molecule has 0 amide bonds. The van der Waals surface area contributed by atoms with Gasteiger partial charge in [0.1, 0.15) is 0 Å². The van der Waals surface area contributed by atoms with Crippen molar-refractivity contribution in [1.29, 1.82) is 0 Å². The summed E-state index contributed by atoms with van der Waals surface area (Å²) in [6.45, 7) is 0. The average Bonchev–Trinajstić information content (AvgIpc) is 3.85. The maximum absolute atomic E-state index is 2.47. The molecule has 0 radical (unpaired) electrons. The van der Waals surface area contributed by atoms with Gasteiger partial charge < -0.3 is 9.80 Å². The lowest BCUT2D eigenvalue weighted by molar-refractivity contribution is 1.28. The van der Waals surface area contributed by atoms with E-state index in [9.17, 15) is 0 Å². The first-order chi connectivity index (χ1) is 35.2. The molecule has 0 atom stereocenters. The maximum atomic E-state index is 2.47. The van der Waals surface area contributed by atoms with E-state index in [4.69, 9.17) is 0 Å². The number of hydrogen-bond donors (Lipinski definition) is 0. The van der Waals surface area contributed by atoms with Crippen molar-refractivity contribution < 1.29 is 0 Å². The Balaban J connectivity index is 0.960. The van der Waals surface area contributed by atoms with Crippen LogP contribution in [-0.4, -0.2) is 0 Å². The van der Waals surface area contributed by atoms with Gasteiger partial charge in [-0.25, -0.2) is 0 Å². The second-order valence-electron chi connectivity index (χ2n) is 18.1. The van der Waals surface area contributed by atoms with Crippen molar-refractivity contribution in [3.63, 3.8) is 0 Å². The van der Waals surface area contributed by atoms with Gasteiger partial charge in [-0.1, -0.05) is 206 Å². The fourth-order valence-electron chi connectivity index (χ4n) is 10.4. The van der Waals surface area contributed by atoms with Crippen LogP contribution >= 0.6 is 11.3 Å². The summed E-state index contributed by atoms with van der Waals surface area (Å²) in [6.07, 6.45) is 0. The Labute approximate surface area is 418 Å². The van der Waals surface area contributed by atoms with Gasteiger partial charge in [0.2, 0.25) is 0 Å². The van der Waals surface area contributed by atoms with Crippen molar-refractivity contribution in [3.05, 3.63) is 279 Å². The van der Waals surface area contributed by atoms with Crippen LogP contribution in [0.4, 0.5) is 34.1 Å². The van der Waals surface area contributed by atoms with Gasteiger partial charge in [-0.05, 0) is 139 Å². The van der Waals surface area contributed by atoms with E-state index in [0.717, 1.165) is 45.3 Å². The summed E-state index contributed by atoms with van der Waals surface area (Å²) >= 11 is 1.88. The predicted octanol–water partition coefficient (Wildman–Crippen LogP) is 20.0. The molecule has 13 rings (SSSR count). The molecule has 0 aliphatic heterocycles. The molecule has 3 heteroatoms. The number of nitrogens with zero attached hydrogens (tertiary/aromatic N) is 2. The molecule has 0 saturated heterocycles. The van der Waals surface area contributed by atoms with Crippen LogP contribution in [0, 0.1) is 0 Å². The van der Waals surface area contributed by atoms with Crippen molar-refractivity contribution in [2.45, 2.75) is 0 Å². The van der Waals surface area contributed by atoms with Crippen LogP contribution in [0.2, 0.25) is 0 Å². The van der Waals surface area contributed by atoms with Crippen molar-refractivity contribution in [3.8, 4) is 44.5 Å². The van der Waals surface area contributed by atoms with E-state index < -0.39 is 0 Å². The van der Waals surface area contributed by atoms with Crippen LogP contribution in [0.15, 0.2) is 279 Å². The Morgan fingerprint density at radius 1 is 0.254 bits per heavy atom. The molecule has 334 valence electrons. The summed E-state index contributed by atoms with van der Waals surface area (Å²) < 4.78 is 2.59. The molecule has 13 aromatic rings. The summed E-state index contributed by atoms with van der Waals surface area (Å²) in [5.41, 5.74) is 16.0. The number of anilines is 6. The molecule has 1 heterocycles. The smallest absolute Gasteiger partial charge is 0.0561 e. The molecule has 2 nitrogen and oxygen atoms in total. The second kappa shape index (κ2) is 18.1. The zero-order valence-corrected chi connectivity index (χ0v) is 39.7. The summed E-state index contributed by atoms with van der Waals surface area (Å²) in [6, 6.07) is 102. The Bertz CT molecular complexity index is 4040. The second-order valence-corrected chi connectivity index (χ2v) is 19.1. The van der Waals surface area contributed by atoms with E-state index in [-0.39, 0.29) is 0 Å². The van der Waals surface area contributed by atoms with Crippen LogP contribution in [0.25, 0.3) is 86.2 Å². The Kier molecular flexibility index (Phi) is 10.8. The van der Waals surface area contributed by atoms with Crippen molar-refractivity contribution in [1.82, 2.24) is 0 Å². The standard InChI is InChI=1S/C68H46N2S/c1-3-17-47(18-4-1)49-35-39-56(40-36-49)69(59-28-15-26-54(45-59)62-33-16-23-51-21-7-9-30-61(51)62)58-27-13-24-52(43-58)53-25-14-29-60(44-53)70(57-41-37-50(38-42-57)48-19-5-2-6-20-48)65-46-55-22-8-10-31-63(55)68-67(65)64-32-11-12-34-66(64)71-68/h1-46H. The Morgan fingerprint density at radius 3 is 1.32 bits per heavy atom. The Hall–Kier alpha value is -9.02. The van der Waals surface area contributed by atoms with Crippen molar-refractivity contribution in [2.24, 2.45) is 0 Å². The van der Waals surface area contributed by atoms with Gasteiger partial charge in [-0.3, -0.25) is 0 Å². The molecule has 0 fully saturated rings. The fraction of sp³-hybridized carbons (Fsp3) is 0. The van der Waals surface area contributed by atoms with E-state index in [1.165, 1.54) is 75.1 Å². The number of benzene rings is 12. The van der Waals surface area contributed by atoms with E-state index >= 15 is 0 Å². The van der Waals surface area contributed by atoms with Crippen LogP contribution in [0.5, 0.6) is 0 Å². The topological polar surface area (TPSA) is 6.48 Å². The molecule has 1 aromatic heterocycles. The predicted molar refractivity (Wildman–Crippen MR) is 305 cm³/mol. The molecular formula is C68H46N2S. The summed E-state index contributed by atoms with van der Waals surface area (Å²) in [7, 11) is 0. The monoisotopic (exact) mass is 922 g/mol. The molecule has 0 saturated carbocycles. The van der Waals surface area contributed by atoms with Gasteiger partial charge in [0.15, 0.2) is 0 Å². The lowest BCUT2D eigenvalue weighted by atomic mass is 9.97. The van der Waals surface area contributed by atoms with Gasteiger partial charge in [0.05, 0.1) is 5.69 Å². The van der Waals surface area contributed by atoms with E-state index in [2.05, 4.69) is 289 Å². The van der Waals surface area contributed by atoms with E-state index in [0.29, 0.717) is 0 Å². The molecule has 12 aromatic carbocycles. The van der Waals surface area contributed by atoms with Crippen molar-refractivity contribution in [2.75, 3.05) is 9.80 Å². The lowest BCUT2D eigenvalue weighted by Crippen LogP contribution is -2.11. The number of hydrogen-bond acceptors (Lipinski definition) is 3. The third-order valence-electron chi connectivity index (χ3n) is 13.8. The van der Waals surface area contributed by atoms with Crippen LogP contribution in [0.1, 0.15) is 0 Å². The minimum Gasteiger partial charge on any atom is -0.310 e. The zero-order valence-electron chi connectivity index (χ0n) is 38.9. The minimum atomic E-state index is 1.07. The lowest BCUT2D eigenvalue weighted by Gasteiger charge is -2.28. The van der Waals surface area contributed by atoms with Gasteiger partial charge in [0.25, 0.3) is 0 Å². The summed E-state index contributed by atoms with van der Waals surface area (Å²) in [5.74, 6) is 0. The first-order valence-corrected chi connectivity index (χ1v) is 25.0. The third-order valence-corrected chi connectivity index (χ3v) is 15.0. The fourth-order valence-corrected chi connectivity index (χ4v) is 11.7. The van der Waals surface area contributed by atoms with E-state index in [1.54, 1.807) is 0 Å². The molecule has 0 spiro atoms. The van der Waals surface area contributed by atoms with Crippen LogP contribution in [0.3, 0.4) is 0 Å². The quantitative estimate of drug-likeness (QED) is 0.135. The SMILES string of the molecule is c1ccc(-c2ccc(N(c3cccc(-c4cccc(N(c5ccc(-c6ccccc6)cc5)c5cc6ccccc6c6sc7ccccc7c56)c4)c3)c3cccc(-c4cccc5ccccc45)c3)cc2)cc1. The minimum absolute atomic E-state index is 1.07. The highest BCUT2D eigenvalue weighted by Gasteiger charge is 2.22. The number of rotatable bonds is 10. The summed E-state index contributed by atoms with van der Waals surface area (Å²) in [4.78, 5) is 4.86. The largest absolute Gasteiger partial charge is 0.310 e. The van der Waals surface area contributed by atoms with E-state index in [1.807, 2.05) is 11.3 Å². The molecule has 0 N–H and O–H groups in total. The molecular weight excluding hydrogens is 877 g/mol. The van der Waals surface area contributed by atoms with Gasteiger partial charge in [0, 0.05) is 48.6 Å². The van der Waals surface area contributed by atoms with Gasteiger partial charge in [-0.2, -0.15) is 0 Å². The Morgan fingerprint density at radius 2 is 0.690 bits per heavy atom. The summed E-state index contributed by atoms with van der Waals surface area (Å²) in [5, 5.41) is 7.51. The first-order valence-electron chi connectivity index (χ1n) is 24.2. The van der Waals surface area contributed by atoms with Crippen molar-refractivity contribution >= 4 is 87.2 Å². The highest BCUT2D eigenvalue weighted by molar-refractivity contribution is 7.26. The number of fused-ring (bicyclic) bond motifs is 6.